The fourth-order valence-corrected chi connectivity index (χ4v) is 7.31. The fraction of sp³-hybridized carbons (Fsp3) is 0.429. The van der Waals surface area contributed by atoms with E-state index in [0.717, 1.165) is 47.5 Å². The van der Waals surface area contributed by atoms with Crippen molar-refractivity contribution in [2.75, 3.05) is 53.3 Å². The normalized spacial score (nSPS) is 20.9. The SMILES string of the molecule is COC1=C(/C=C2/N(CCCC[N+](C)(C)C)c3ccccc3C2(C)C)C(=O)/C1=C\C1=[N+](C)c2ccc(S(=O)(=O)[O-])cc2C1(C)C. The van der Waals surface area contributed by atoms with Crippen LogP contribution >= 0.6 is 0 Å². The smallest absolute Gasteiger partial charge is 0.209 e. The number of allylic oxidation sites excluding steroid dienone is 5. The summed E-state index contributed by atoms with van der Waals surface area (Å²) in [4.78, 5) is 15.9. The molecule has 0 spiro atoms. The van der Waals surface area contributed by atoms with Crippen molar-refractivity contribution >= 4 is 33.0 Å². The van der Waals surface area contributed by atoms with E-state index >= 15 is 0 Å². The third-order valence-electron chi connectivity index (χ3n) is 9.30. The van der Waals surface area contributed by atoms with Crippen LogP contribution in [-0.2, 0) is 30.5 Å². The van der Waals surface area contributed by atoms with Gasteiger partial charge in [0.25, 0.3) is 0 Å². The second-order valence-corrected chi connectivity index (χ2v) is 15.5. The van der Waals surface area contributed by atoms with Gasteiger partial charge in [0.2, 0.25) is 11.5 Å². The molecule has 0 atom stereocenters. The van der Waals surface area contributed by atoms with Crippen LogP contribution in [0.3, 0.4) is 0 Å². The highest BCUT2D eigenvalue weighted by molar-refractivity contribution is 7.85. The number of rotatable bonds is 9. The first-order valence-corrected chi connectivity index (χ1v) is 16.5. The molecule has 44 heavy (non-hydrogen) atoms. The number of ether oxygens (including phenoxy) is 1. The van der Waals surface area contributed by atoms with Gasteiger partial charge in [0.1, 0.15) is 22.9 Å². The van der Waals surface area contributed by atoms with Gasteiger partial charge >= 0.3 is 0 Å². The van der Waals surface area contributed by atoms with E-state index in [1.165, 1.54) is 23.4 Å². The van der Waals surface area contributed by atoms with Crippen LogP contribution < -0.4 is 4.90 Å². The lowest BCUT2D eigenvalue weighted by molar-refractivity contribution is -0.870. The average molecular weight is 619 g/mol. The molecule has 234 valence electrons. The minimum atomic E-state index is -4.60. The number of anilines is 1. The predicted octanol–water partition coefficient (Wildman–Crippen LogP) is 5.17. The van der Waals surface area contributed by atoms with E-state index in [0.29, 0.717) is 22.5 Å². The molecule has 2 aromatic rings. The van der Waals surface area contributed by atoms with Crippen LogP contribution in [0.15, 0.2) is 82.1 Å². The molecule has 0 bridgehead atoms. The number of benzene rings is 2. The van der Waals surface area contributed by atoms with Crippen molar-refractivity contribution < 1.29 is 31.6 Å². The maximum absolute atomic E-state index is 13.8. The van der Waals surface area contributed by atoms with Gasteiger partial charge in [-0.15, -0.1) is 0 Å². The number of methoxy groups -OCH3 is 1. The molecule has 0 fully saturated rings. The van der Waals surface area contributed by atoms with Crippen molar-refractivity contribution in [3.63, 3.8) is 0 Å². The van der Waals surface area contributed by atoms with Crippen LogP contribution in [0.25, 0.3) is 0 Å². The fourth-order valence-electron chi connectivity index (χ4n) is 6.82. The van der Waals surface area contributed by atoms with Gasteiger partial charge in [-0.25, -0.2) is 8.42 Å². The Bertz CT molecular complexity index is 1790. The van der Waals surface area contributed by atoms with E-state index < -0.39 is 15.5 Å². The standard InChI is InChI=1S/C35H44N3O5S/c1-34(2)26-14-10-11-15-29(26)37(18-12-13-19-38(6,7)8)31(34)22-25-32(39)24(33(25)43-9)21-30-35(3,4)27-20-23(44(40,41)42)16-17-28(27)36(30)5/h10-11,14-17,20-22H,12-13,18-19H2,1-9H3/q+1. The monoisotopic (exact) mass is 618 g/mol. The number of hydrogen-bond donors (Lipinski definition) is 0. The summed E-state index contributed by atoms with van der Waals surface area (Å²) in [7, 11) is 5.49. The molecule has 1 aliphatic carbocycles. The number of quaternary nitrogens is 1. The molecule has 2 heterocycles. The van der Waals surface area contributed by atoms with Gasteiger partial charge in [-0.3, -0.25) is 4.79 Å². The van der Waals surface area contributed by atoms with Crippen molar-refractivity contribution in [3.8, 4) is 0 Å². The Morgan fingerprint density at radius 3 is 2.30 bits per heavy atom. The number of para-hydroxylation sites is 1. The second kappa shape index (κ2) is 10.8. The number of nitrogens with zero attached hydrogens (tertiary/aromatic N) is 3. The molecule has 0 saturated heterocycles. The summed E-state index contributed by atoms with van der Waals surface area (Å²) in [5.74, 6) is 0.441. The molecule has 0 aromatic heterocycles. The zero-order valence-corrected chi connectivity index (χ0v) is 28.1. The van der Waals surface area contributed by atoms with Crippen molar-refractivity contribution in [2.45, 2.75) is 56.3 Å². The van der Waals surface area contributed by atoms with Crippen molar-refractivity contribution in [3.05, 3.63) is 88.3 Å². The molecule has 0 saturated carbocycles. The minimum absolute atomic E-state index is 0.0958. The summed E-state index contributed by atoms with van der Waals surface area (Å²) in [6, 6.07) is 12.9. The Kier molecular flexibility index (Phi) is 7.84. The van der Waals surface area contributed by atoms with Crippen molar-refractivity contribution in [1.29, 1.82) is 0 Å². The molecule has 3 aliphatic rings. The van der Waals surface area contributed by atoms with Crippen LogP contribution in [0.4, 0.5) is 11.4 Å². The Labute approximate surface area is 262 Å². The zero-order chi connectivity index (χ0) is 32.4. The van der Waals surface area contributed by atoms with Gasteiger partial charge in [-0.1, -0.05) is 32.0 Å². The molecule has 0 unspecified atom stereocenters. The number of fused-ring (bicyclic) bond motifs is 2. The van der Waals surface area contributed by atoms with Crippen LogP contribution in [-0.4, -0.2) is 81.9 Å². The van der Waals surface area contributed by atoms with Gasteiger partial charge in [-0.05, 0) is 56.5 Å². The summed E-state index contributed by atoms with van der Waals surface area (Å²) in [5, 5.41) is 0. The summed E-state index contributed by atoms with van der Waals surface area (Å²) >= 11 is 0. The van der Waals surface area contributed by atoms with Crippen molar-refractivity contribution in [2.24, 2.45) is 0 Å². The lowest BCUT2D eigenvalue weighted by Crippen LogP contribution is -2.36. The van der Waals surface area contributed by atoms with E-state index in [1.54, 1.807) is 13.2 Å². The Balaban J connectivity index is 1.52. The number of hydrogen-bond acceptors (Lipinski definition) is 6. The predicted molar refractivity (Wildman–Crippen MR) is 172 cm³/mol. The van der Waals surface area contributed by atoms with E-state index in [4.69, 9.17) is 4.74 Å². The Morgan fingerprint density at radius 1 is 0.977 bits per heavy atom. The highest BCUT2D eigenvalue weighted by Gasteiger charge is 2.47. The highest BCUT2D eigenvalue weighted by atomic mass is 32.2. The number of Topliss-reactive ketones (excluding diaryl/α,β-unsaturated/α-hetero) is 1. The quantitative estimate of drug-likeness (QED) is 0.127. The van der Waals surface area contributed by atoms with Crippen LogP contribution in [0.2, 0.25) is 0 Å². The first-order valence-electron chi connectivity index (χ1n) is 15.1. The van der Waals surface area contributed by atoms with Crippen LogP contribution in [0.1, 0.15) is 51.7 Å². The first kappa shape index (κ1) is 31.9. The summed E-state index contributed by atoms with van der Waals surface area (Å²) < 4.78 is 43.9. The average Bonchev–Trinajstić information content (AvgIpc) is 3.27. The molecule has 2 aliphatic heterocycles. The maximum Gasteiger partial charge on any atom is 0.209 e. The molecule has 8 nitrogen and oxygen atoms in total. The number of ketones is 1. The highest BCUT2D eigenvalue weighted by Crippen LogP contribution is 2.49. The molecule has 9 heteroatoms. The van der Waals surface area contributed by atoms with E-state index in [2.05, 4.69) is 64.2 Å². The molecular weight excluding hydrogens is 574 g/mol. The molecule has 0 amide bonds. The van der Waals surface area contributed by atoms with E-state index in [1.807, 2.05) is 37.6 Å². The van der Waals surface area contributed by atoms with Gasteiger partial charge in [0.05, 0.1) is 56.3 Å². The third kappa shape index (κ3) is 5.35. The van der Waals surface area contributed by atoms with Crippen LogP contribution in [0, 0.1) is 0 Å². The molecular formula is C35H44N3O5S+. The summed E-state index contributed by atoms with van der Waals surface area (Å²) in [6.07, 6.45) is 5.97. The van der Waals surface area contributed by atoms with Crippen LogP contribution in [0.5, 0.6) is 0 Å². The molecule has 0 N–H and O–H groups in total. The zero-order valence-electron chi connectivity index (χ0n) is 27.3. The Morgan fingerprint density at radius 2 is 1.66 bits per heavy atom. The minimum Gasteiger partial charge on any atom is -0.744 e. The number of carbonyl (C=O) groups excluding carboxylic acids is 1. The van der Waals surface area contributed by atoms with E-state index in [9.17, 15) is 17.8 Å². The lowest BCUT2D eigenvalue weighted by atomic mass is 9.77. The summed E-state index contributed by atoms with van der Waals surface area (Å²) in [5.41, 5.74) is 5.87. The number of carbonyl (C=O) groups is 1. The largest absolute Gasteiger partial charge is 0.744 e. The first-order chi connectivity index (χ1) is 20.4. The van der Waals surface area contributed by atoms with Gasteiger partial charge in [-0.2, -0.15) is 4.58 Å². The molecule has 5 rings (SSSR count). The van der Waals surface area contributed by atoms with E-state index in [-0.39, 0.29) is 16.1 Å². The maximum atomic E-state index is 13.8. The lowest BCUT2D eigenvalue weighted by Gasteiger charge is -2.30. The van der Waals surface area contributed by atoms with Gasteiger partial charge in [0.15, 0.2) is 5.71 Å². The second-order valence-electron chi connectivity index (χ2n) is 14.1. The molecule has 2 aromatic carbocycles. The Hall–Kier alpha value is -3.53. The number of unbranched alkanes of at least 4 members (excludes halogenated alkanes) is 1. The van der Waals surface area contributed by atoms with Gasteiger partial charge in [0, 0.05) is 41.1 Å². The topological polar surface area (TPSA) is 89.8 Å². The van der Waals surface area contributed by atoms with Gasteiger partial charge < -0.3 is 18.7 Å². The molecule has 0 radical (unpaired) electrons. The van der Waals surface area contributed by atoms with Crippen molar-refractivity contribution in [1.82, 2.24) is 0 Å². The third-order valence-corrected chi connectivity index (χ3v) is 10.1. The summed E-state index contributed by atoms with van der Waals surface area (Å²) in [6.45, 7) is 10.3.